The number of rotatable bonds is 5. The average molecular weight is 231 g/mol. The van der Waals surface area contributed by atoms with E-state index >= 15 is 0 Å². The van der Waals surface area contributed by atoms with Crippen molar-refractivity contribution >= 4 is 17.3 Å². The van der Waals surface area contributed by atoms with E-state index in [1.54, 1.807) is 6.07 Å². The van der Waals surface area contributed by atoms with E-state index in [0.29, 0.717) is 29.7 Å². The molecule has 0 spiro atoms. The second-order valence-corrected chi connectivity index (χ2v) is 3.95. The maximum Gasteiger partial charge on any atom is 0.146 e. The van der Waals surface area contributed by atoms with Gasteiger partial charge in [-0.05, 0) is 30.7 Å². The molecule has 84 valence electrons. The molecule has 3 N–H and O–H groups in total. The van der Waals surface area contributed by atoms with Crippen LogP contribution >= 0.6 is 11.6 Å². The van der Waals surface area contributed by atoms with Crippen molar-refractivity contribution in [3.05, 3.63) is 29.0 Å². The van der Waals surface area contributed by atoms with Gasteiger partial charge in [0.2, 0.25) is 0 Å². The summed E-state index contributed by atoms with van der Waals surface area (Å²) in [6.07, 6.45) is 0.978. The van der Waals surface area contributed by atoms with Crippen molar-refractivity contribution in [1.29, 1.82) is 0 Å². The predicted octanol–water partition coefficient (Wildman–Crippen LogP) is 2.88. The van der Waals surface area contributed by atoms with Crippen LogP contribution in [0.1, 0.15) is 13.3 Å². The molecular weight excluding hydrogens is 215 g/mol. The van der Waals surface area contributed by atoms with E-state index in [1.165, 1.54) is 12.1 Å². The summed E-state index contributed by atoms with van der Waals surface area (Å²) in [6, 6.07) is 4.47. The Balaban J connectivity index is 2.60. The normalized spacial score (nSPS) is 12.5. The fourth-order valence-corrected chi connectivity index (χ4v) is 1.45. The molecule has 15 heavy (non-hydrogen) atoms. The Hall–Kier alpha value is -0.800. The molecule has 1 aromatic rings. The summed E-state index contributed by atoms with van der Waals surface area (Å²) < 4.78 is 13.3. The Morgan fingerprint density at radius 2 is 2.27 bits per heavy atom. The minimum absolute atomic E-state index is 0.286. The molecule has 0 aliphatic carbocycles. The van der Waals surface area contributed by atoms with Crippen molar-refractivity contribution in [2.24, 2.45) is 11.7 Å². The van der Waals surface area contributed by atoms with Crippen LogP contribution in [0.3, 0.4) is 0 Å². The van der Waals surface area contributed by atoms with Gasteiger partial charge in [-0.15, -0.1) is 0 Å². The second-order valence-electron chi connectivity index (χ2n) is 3.52. The van der Waals surface area contributed by atoms with Gasteiger partial charge in [0.05, 0.1) is 5.69 Å². The fourth-order valence-electron chi connectivity index (χ4n) is 1.28. The van der Waals surface area contributed by atoms with Crippen molar-refractivity contribution < 1.29 is 4.39 Å². The van der Waals surface area contributed by atoms with Crippen LogP contribution < -0.4 is 11.1 Å². The number of nitrogens with one attached hydrogen (secondary N) is 1. The van der Waals surface area contributed by atoms with E-state index in [9.17, 15) is 4.39 Å². The number of anilines is 1. The van der Waals surface area contributed by atoms with Gasteiger partial charge in [-0.2, -0.15) is 0 Å². The number of benzene rings is 1. The number of halogens is 2. The molecule has 4 heteroatoms. The van der Waals surface area contributed by atoms with Crippen molar-refractivity contribution in [1.82, 2.24) is 0 Å². The zero-order chi connectivity index (χ0) is 11.3. The molecule has 1 aromatic carbocycles. The Labute approximate surface area is 94.6 Å². The van der Waals surface area contributed by atoms with Crippen molar-refractivity contribution in [2.75, 3.05) is 18.4 Å². The van der Waals surface area contributed by atoms with Crippen LogP contribution in [0.4, 0.5) is 10.1 Å². The van der Waals surface area contributed by atoms with E-state index in [-0.39, 0.29) is 5.82 Å². The van der Waals surface area contributed by atoms with Gasteiger partial charge in [-0.25, -0.2) is 4.39 Å². The monoisotopic (exact) mass is 230 g/mol. The lowest BCUT2D eigenvalue weighted by molar-refractivity contribution is 0.545. The zero-order valence-corrected chi connectivity index (χ0v) is 9.52. The minimum atomic E-state index is -0.286. The van der Waals surface area contributed by atoms with Gasteiger partial charge in [-0.3, -0.25) is 0 Å². The van der Waals surface area contributed by atoms with Gasteiger partial charge < -0.3 is 11.1 Å². The Morgan fingerprint density at radius 3 is 2.87 bits per heavy atom. The predicted molar refractivity (Wildman–Crippen MR) is 62.7 cm³/mol. The molecule has 1 unspecified atom stereocenters. The first-order valence-electron chi connectivity index (χ1n) is 5.06. The highest BCUT2D eigenvalue weighted by Crippen LogP contribution is 2.19. The minimum Gasteiger partial charge on any atom is -0.382 e. The highest BCUT2D eigenvalue weighted by molar-refractivity contribution is 6.30. The summed E-state index contributed by atoms with van der Waals surface area (Å²) in [4.78, 5) is 0. The van der Waals surface area contributed by atoms with Gasteiger partial charge in [0.1, 0.15) is 5.82 Å². The van der Waals surface area contributed by atoms with Gasteiger partial charge in [0, 0.05) is 11.6 Å². The molecule has 0 saturated carbocycles. The van der Waals surface area contributed by atoms with Gasteiger partial charge in [0.25, 0.3) is 0 Å². The Kier molecular flexibility index (Phi) is 4.85. The molecule has 0 fully saturated rings. The van der Waals surface area contributed by atoms with Crippen LogP contribution in [0.2, 0.25) is 5.02 Å². The molecule has 0 aliphatic rings. The lowest BCUT2D eigenvalue weighted by atomic mass is 10.1. The third-order valence-electron chi connectivity index (χ3n) is 2.42. The van der Waals surface area contributed by atoms with Gasteiger partial charge in [0.15, 0.2) is 0 Å². The van der Waals surface area contributed by atoms with Crippen LogP contribution in [-0.2, 0) is 0 Å². The highest BCUT2D eigenvalue weighted by Gasteiger charge is 2.06. The number of nitrogens with two attached hydrogens (primary N) is 1. The molecule has 1 rings (SSSR count). The summed E-state index contributed by atoms with van der Waals surface area (Å²) in [5.41, 5.74) is 5.99. The Bertz CT molecular complexity index is 313. The maximum absolute atomic E-state index is 13.3. The lowest BCUT2D eigenvalue weighted by Gasteiger charge is -2.14. The van der Waals surface area contributed by atoms with Gasteiger partial charge in [-0.1, -0.05) is 24.9 Å². The molecule has 0 saturated heterocycles. The highest BCUT2D eigenvalue weighted by atomic mass is 35.5. The summed E-state index contributed by atoms with van der Waals surface area (Å²) in [5, 5.41) is 3.54. The SMILES string of the molecule is CCC(CN)CNc1cc(Cl)ccc1F. The van der Waals surface area contributed by atoms with E-state index in [1.807, 2.05) is 0 Å². The molecule has 0 radical (unpaired) electrons. The molecule has 0 aromatic heterocycles. The third kappa shape index (κ3) is 3.68. The summed E-state index contributed by atoms with van der Waals surface area (Å²) >= 11 is 5.77. The number of hydrogen-bond acceptors (Lipinski definition) is 2. The van der Waals surface area contributed by atoms with Crippen molar-refractivity contribution in [2.45, 2.75) is 13.3 Å². The molecule has 0 aliphatic heterocycles. The van der Waals surface area contributed by atoms with Crippen LogP contribution in [0.15, 0.2) is 18.2 Å². The van der Waals surface area contributed by atoms with E-state index in [4.69, 9.17) is 17.3 Å². The maximum atomic E-state index is 13.3. The molecule has 0 bridgehead atoms. The smallest absolute Gasteiger partial charge is 0.146 e. The summed E-state index contributed by atoms with van der Waals surface area (Å²) in [6.45, 7) is 3.34. The largest absolute Gasteiger partial charge is 0.382 e. The Morgan fingerprint density at radius 1 is 1.53 bits per heavy atom. The van der Waals surface area contributed by atoms with Gasteiger partial charge >= 0.3 is 0 Å². The van der Waals surface area contributed by atoms with Crippen molar-refractivity contribution in [3.8, 4) is 0 Å². The molecule has 0 amide bonds. The first kappa shape index (κ1) is 12.3. The van der Waals surface area contributed by atoms with Crippen LogP contribution in [0, 0.1) is 11.7 Å². The van der Waals surface area contributed by atoms with Crippen molar-refractivity contribution in [3.63, 3.8) is 0 Å². The van der Waals surface area contributed by atoms with Crippen LogP contribution in [-0.4, -0.2) is 13.1 Å². The molecule has 1 atom stereocenters. The summed E-state index contributed by atoms with van der Waals surface area (Å²) in [7, 11) is 0. The molecule has 2 nitrogen and oxygen atoms in total. The first-order valence-corrected chi connectivity index (χ1v) is 5.44. The third-order valence-corrected chi connectivity index (χ3v) is 2.66. The summed E-state index contributed by atoms with van der Waals surface area (Å²) in [5.74, 6) is 0.0784. The molecule has 0 heterocycles. The molecular formula is C11H16ClFN2. The van der Waals surface area contributed by atoms with Crippen LogP contribution in [0.5, 0.6) is 0 Å². The van der Waals surface area contributed by atoms with E-state index < -0.39 is 0 Å². The zero-order valence-electron chi connectivity index (χ0n) is 8.76. The fraction of sp³-hybridized carbons (Fsp3) is 0.455. The number of hydrogen-bond donors (Lipinski definition) is 2. The van der Waals surface area contributed by atoms with Crippen LogP contribution in [0.25, 0.3) is 0 Å². The van der Waals surface area contributed by atoms with E-state index in [0.717, 1.165) is 6.42 Å². The van der Waals surface area contributed by atoms with E-state index in [2.05, 4.69) is 12.2 Å². The standard InChI is InChI=1S/C11H16ClFN2/c1-2-8(6-14)7-15-11-5-9(12)3-4-10(11)13/h3-5,8,15H,2,6-7,14H2,1H3. The lowest BCUT2D eigenvalue weighted by Crippen LogP contribution is -2.22. The quantitative estimate of drug-likeness (QED) is 0.817. The topological polar surface area (TPSA) is 38.0 Å². The average Bonchev–Trinajstić information content (AvgIpc) is 2.24. The second kappa shape index (κ2) is 5.93. The first-order chi connectivity index (χ1) is 7.17.